The second-order valence-electron chi connectivity index (χ2n) is 3.36. The molecule has 76 valence electrons. The van der Waals surface area contributed by atoms with E-state index < -0.39 is 4.33 Å². The number of allylic oxidation sites excluding steroid dienone is 1. The summed E-state index contributed by atoms with van der Waals surface area (Å²) in [6.07, 6.45) is 0. The molecule has 0 atom stereocenters. The van der Waals surface area contributed by atoms with E-state index in [1.54, 1.807) is 0 Å². The van der Waals surface area contributed by atoms with Gasteiger partial charge in [0, 0.05) is 0 Å². The molecule has 0 bridgehead atoms. The lowest BCUT2D eigenvalue weighted by atomic mass is 10.0. The van der Waals surface area contributed by atoms with Gasteiger partial charge in [-0.05, 0) is 19.4 Å². The molecule has 0 heterocycles. The molecule has 3 heteroatoms. The highest BCUT2D eigenvalue weighted by Crippen LogP contribution is 2.42. The van der Waals surface area contributed by atoms with Crippen molar-refractivity contribution in [1.29, 1.82) is 0 Å². The Morgan fingerprint density at radius 1 is 1.14 bits per heavy atom. The van der Waals surface area contributed by atoms with Crippen LogP contribution in [0.5, 0.6) is 0 Å². The molecule has 0 radical (unpaired) electrons. The average molecular weight is 250 g/mol. The van der Waals surface area contributed by atoms with Crippen molar-refractivity contribution in [3.8, 4) is 0 Å². The summed E-state index contributed by atoms with van der Waals surface area (Å²) < 4.78 is -1.21. The second-order valence-corrected chi connectivity index (χ2v) is 5.14. The molecule has 0 spiro atoms. The highest BCUT2D eigenvalue weighted by molar-refractivity contribution is 6.55. The van der Waals surface area contributed by atoms with Crippen LogP contribution in [0.4, 0.5) is 0 Å². The molecule has 0 aliphatic rings. The van der Waals surface area contributed by atoms with Crippen molar-refractivity contribution in [3.05, 3.63) is 46.5 Å². The zero-order chi connectivity index (χ0) is 10.9. The Labute approximate surface area is 99.5 Å². The molecular formula is C11H11Cl3. The van der Waals surface area contributed by atoms with Crippen LogP contribution in [-0.4, -0.2) is 0 Å². The highest BCUT2D eigenvalue weighted by Gasteiger charge is 2.29. The minimum atomic E-state index is -1.21. The predicted molar refractivity (Wildman–Crippen MR) is 64.3 cm³/mol. The Morgan fingerprint density at radius 2 is 1.57 bits per heavy atom. The Balaban J connectivity index is 3.25. The van der Waals surface area contributed by atoms with Gasteiger partial charge in [-0.2, -0.15) is 0 Å². The van der Waals surface area contributed by atoms with Gasteiger partial charge in [-0.1, -0.05) is 70.7 Å². The van der Waals surface area contributed by atoms with Crippen molar-refractivity contribution in [2.75, 3.05) is 0 Å². The van der Waals surface area contributed by atoms with Crippen LogP contribution in [0.25, 0.3) is 0 Å². The number of hydrogen-bond donors (Lipinski definition) is 0. The second kappa shape index (κ2) is 4.14. The van der Waals surface area contributed by atoms with Gasteiger partial charge in [-0.3, -0.25) is 0 Å². The standard InChI is InChI=1S/C11H11Cl3/c1-7-4-8(2)6-10(5-7)11(13,14)9(3)12/h4-6H,3H2,1-2H3. The lowest BCUT2D eigenvalue weighted by Crippen LogP contribution is -2.10. The van der Waals surface area contributed by atoms with Crippen LogP contribution in [0, 0.1) is 13.8 Å². The third-order valence-corrected chi connectivity index (χ3v) is 3.29. The highest BCUT2D eigenvalue weighted by atomic mass is 35.5. The topological polar surface area (TPSA) is 0 Å². The summed E-state index contributed by atoms with van der Waals surface area (Å²) in [5.41, 5.74) is 2.96. The summed E-state index contributed by atoms with van der Waals surface area (Å²) in [7, 11) is 0. The fraction of sp³-hybridized carbons (Fsp3) is 0.273. The number of rotatable bonds is 2. The van der Waals surface area contributed by atoms with Crippen molar-refractivity contribution in [3.63, 3.8) is 0 Å². The van der Waals surface area contributed by atoms with Gasteiger partial charge in [0.25, 0.3) is 0 Å². The molecular weight excluding hydrogens is 238 g/mol. The molecule has 1 aromatic carbocycles. The number of aryl methyl sites for hydroxylation is 2. The molecule has 0 aliphatic heterocycles. The van der Waals surface area contributed by atoms with Crippen LogP contribution >= 0.6 is 34.8 Å². The molecule has 14 heavy (non-hydrogen) atoms. The van der Waals surface area contributed by atoms with Crippen LogP contribution in [0.3, 0.4) is 0 Å². The maximum absolute atomic E-state index is 6.07. The van der Waals surface area contributed by atoms with E-state index in [1.165, 1.54) is 0 Å². The van der Waals surface area contributed by atoms with E-state index in [9.17, 15) is 0 Å². The fourth-order valence-corrected chi connectivity index (χ4v) is 1.64. The summed E-state index contributed by atoms with van der Waals surface area (Å²) in [5, 5.41) is 0.214. The maximum atomic E-state index is 6.07. The Morgan fingerprint density at radius 3 is 1.93 bits per heavy atom. The Hall–Kier alpha value is -0.170. The number of hydrogen-bond acceptors (Lipinski definition) is 0. The third-order valence-electron chi connectivity index (χ3n) is 1.92. The zero-order valence-corrected chi connectivity index (χ0v) is 10.3. The molecule has 0 saturated carbocycles. The lowest BCUT2D eigenvalue weighted by molar-refractivity contribution is 1.07. The first-order valence-electron chi connectivity index (χ1n) is 4.15. The molecule has 0 N–H and O–H groups in total. The molecule has 1 aromatic rings. The first-order chi connectivity index (χ1) is 6.34. The lowest BCUT2D eigenvalue weighted by Gasteiger charge is -2.19. The van der Waals surface area contributed by atoms with Crippen molar-refractivity contribution < 1.29 is 0 Å². The fourth-order valence-electron chi connectivity index (χ4n) is 1.31. The quantitative estimate of drug-likeness (QED) is 0.667. The molecule has 0 aliphatic carbocycles. The van der Waals surface area contributed by atoms with E-state index in [1.807, 2.05) is 32.0 Å². The zero-order valence-electron chi connectivity index (χ0n) is 8.07. The maximum Gasteiger partial charge on any atom is 0.177 e. The molecule has 0 fully saturated rings. The van der Waals surface area contributed by atoms with Crippen molar-refractivity contribution in [2.45, 2.75) is 18.2 Å². The largest absolute Gasteiger partial charge is 0.177 e. The van der Waals surface area contributed by atoms with E-state index in [4.69, 9.17) is 34.8 Å². The summed E-state index contributed by atoms with van der Waals surface area (Å²) in [6.45, 7) is 7.53. The normalized spacial score (nSPS) is 11.5. The Bertz CT molecular complexity index is 347. The summed E-state index contributed by atoms with van der Waals surface area (Å²) in [6, 6.07) is 5.85. The summed E-state index contributed by atoms with van der Waals surface area (Å²) in [4.78, 5) is 0. The minimum Gasteiger partial charge on any atom is -0.0899 e. The van der Waals surface area contributed by atoms with E-state index >= 15 is 0 Å². The average Bonchev–Trinajstić information content (AvgIpc) is 2.01. The van der Waals surface area contributed by atoms with Crippen molar-refractivity contribution >= 4 is 34.8 Å². The van der Waals surface area contributed by atoms with Crippen LogP contribution in [-0.2, 0) is 4.33 Å². The SMILES string of the molecule is C=C(Cl)C(Cl)(Cl)c1cc(C)cc(C)c1. The van der Waals surface area contributed by atoms with Gasteiger partial charge < -0.3 is 0 Å². The van der Waals surface area contributed by atoms with E-state index in [0.717, 1.165) is 16.7 Å². The number of halogens is 3. The summed E-state index contributed by atoms with van der Waals surface area (Å²) >= 11 is 17.9. The first-order valence-corrected chi connectivity index (χ1v) is 5.29. The third kappa shape index (κ3) is 2.44. The predicted octanol–water partition coefficient (Wildman–Crippen LogP) is 4.69. The van der Waals surface area contributed by atoms with Crippen LogP contribution in [0.15, 0.2) is 29.8 Å². The molecule has 1 rings (SSSR count). The van der Waals surface area contributed by atoms with Gasteiger partial charge in [0.05, 0.1) is 5.03 Å². The molecule has 0 aromatic heterocycles. The van der Waals surface area contributed by atoms with E-state index in [0.29, 0.717) is 0 Å². The summed E-state index contributed by atoms with van der Waals surface area (Å²) in [5.74, 6) is 0. The smallest absolute Gasteiger partial charge is 0.0899 e. The van der Waals surface area contributed by atoms with Crippen molar-refractivity contribution in [1.82, 2.24) is 0 Å². The van der Waals surface area contributed by atoms with Gasteiger partial charge >= 0.3 is 0 Å². The van der Waals surface area contributed by atoms with Gasteiger partial charge in [0.1, 0.15) is 0 Å². The molecule has 0 amide bonds. The Kier molecular flexibility index (Phi) is 3.52. The van der Waals surface area contributed by atoms with Crippen molar-refractivity contribution in [2.24, 2.45) is 0 Å². The van der Waals surface area contributed by atoms with E-state index in [2.05, 4.69) is 6.58 Å². The minimum absolute atomic E-state index is 0.214. The van der Waals surface area contributed by atoms with E-state index in [-0.39, 0.29) is 5.03 Å². The number of benzene rings is 1. The molecule has 0 saturated heterocycles. The van der Waals surface area contributed by atoms with Gasteiger partial charge in [0.15, 0.2) is 4.33 Å². The van der Waals surface area contributed by atoms with Crippen LogP contribution < -0.4 is 0 Å². The molecule has 0 unspecified atom stereocenters. The first kappa shape index (κ1) is 11.9. The van der Waals surface area contributed by atoms with Crippen LogP contribution in [0.2, 0.25) is 0 Å². The van der Waals surface area contributed by atoms with Gasteiger partial charge in [-0.15, -0.1) is 0 Å². The van der Waals surface area contributed by atoms with Gasteiger partial charge in [0.2, 0.25) is 0 Å². The van der Waals surface area contributed by atoms with Gasteiger partial charge in [-0.25, -0.2) is 0 Å². The monoisotopic (exact) mass is 248 g/mol. The number of alkyl halides is 2. The molecule has 0 nitrogen and oxygen atoms in total. The van der Waals surface area contributed by atoms with Crippen LogP contribution in [0.1, 0.15) is 16.7 Å².